The predicted molar refractivity (Wildman–Crippen MR) is 238 cm³/mol. The molecule has 15 nitrogen and oxygen atoms in total. The lowest BCUT2D eigenvalue weighted by atomic mass is 10.1. The monoisotopic (exact) mass is 902 g/mol. The van der Waals surface area contributed by atoms with Gasteiger partial charge in [-0.25, -0.2) is 13.4 Å². The average molecular weight is 904 g/mol. The summed E-state index contributed by atoms with van der Waals surface area (Å²) in [6.45, 7) is 11.1. The number of carbonyl (C=O) groups is 3. The van der Waals surface area contributed by atoms with Gasteiger partial charge in [0.2, 0.25) is 0 Å². The highest BCUT2D eigenvalue weighted by Gasteiger charge is 2.23. The first-order chi connectivity index (χ1) is 28.7. The van der Waals surface area contributed by atoms with Crippen LogP contribution < -0.4 is 10.6 Å². The molecule has 0 spiro atoms. The van der Waals surface area contributed by atoms with Crippen molar-refractivity contribution in [2.24, 2.45) is 0 Å². The predicted octanol–water partition coefficient (Wildman–Crippen LogP) is 10.5. The number of amides is 2. The van der Waals surface area contributed by atoms with E-state index in [0.29, 0.717) is 31.1 Å². The van der Waals surface area contributed by atoms with Crippen LogP contribution in [0.15, 0.2) is 82.6 Å². The number of aliphatic hydroxyl groups excluding tert-OH is 1. The van der Waals surface area contributed by atoms with Gasteiger partial charge in [0.25, 0.3) is 23.2 Å². The second-order valence-corrected chi connectivity index (χ2v) is 16.1. The highest BCUT2D eigenvalue weighted by molar-refractivity contribution is 7.97. The first-order valence-corrected chi connectivity index (χ1v) is 21.3. The lowest BCUT2D eigenvalue weighted by molar-refractivity contribution is -0.387. The third kappa shape index (κ3) is 14.8. The molecule has 0 aliphatic heterocycles. The molecule has 2 amide bonds. The van der Waals surface area contributed by atoms with Gasteiger partial charge >= 0.3 is 5.97 Å². The lowest BCUT2D eigenvalue weighted by Crippen LogP contribution is -2.18. The van der Waals surface area contributed by atoms with E-state index < -0.39 is 27.6 Å². The molecule has 0 saturated heterocycles. The molecule has 0 aliphatic carbocycles. The van der Waals surface area contributed by atoms with Crippen LogP contribution in [-0.2, 0) is 11.3 Å². The van der Waals surface area contributed by atoms with E-state index in [0.717, 1.165) is 51.9 Å². The summed E-state index contributed by atoms with van der Waals surface area (Å²) in [4.78, 5) is 60.5. The van der Waals surface area contributed by atoms with E-state index in [-0.39, 0.29) is 40.4 Å². The second-order valence-electron chi connectivity index (χ2n) is 13.0. The van der Waals surface area contributed by atoms with Crippen LogP contribution in [-0.4, -0.2) is 74.6 Å². The lowest BCUT2D eigenvalue weighted by Gasteiger charge is -2.19. The molecule has 0 aromatic heterocycles. The Labute approximate surface area is 367 Å². The summed E-state index contributed by atoms with van der Waals surface area (Å²) in [6.07, 6.45) is 3.72. The van der Waals surface area contributed by atoms with Crippen molar-refractivity contribution in [3.63, 3.8) is 0 Å². The van der Waals surface area contributed by atoms with Crippen molar-refractivity contribution in [2.75, 3.05) is 43.9 Å². The second kappa shape index (κ2) is 25.1. The topological polar surface area (TPSA) is 197 Å². The number of nitrogens with one attached hydrogen (secondary N) is 2. The van der Waals surface area contributed by atoms with E-state index in [9.17, 15) is 39.7 Å². The molecule has 3 N–H and O–H groups in total. The summed E-state index contributed by atoms with van der Waals surface area (Å²) < 4.78 is 8.87. The number of aliphatic hydroxyl groups is 1. The summed E-state index contributed by atoms with van der Waals surface area (Å²) in [5.41, 5.74) is 1.14. The first kappa shape index (κ1) is 49.6. The van der Waals surface area contributed by atoms with Crippen LogP contribution in [0.4, 0.5) is 22.7 Å². The van der Waals surface area contributed by atoms with Gasteiger partial charge in [-0.1, -0.05) is 50.9 Å². The number of methoxy groups -OCH3 is 1. The van der Waals surface area contributed by atoms with Crippen molar-refractivity contribution in [3.05, 3.63) is 125 Å². The van der Waals surface area contributed by atoms with Crippen LogP contribution in [0.2, 0.25) is 10.0 Å². The number of anilines is 2. The van der Waals surface area contributed by atoms with Crippen molar-refractivity contribution in [2.45, 2.75) is 69.8 Å². The minimum atomic E-state index is -0.664. The Kier molecular flexibility index (Phi) is 20.8. The summed E-state index contributed by atoms with van der Waals surface area (Å²) in [5.74, 6) is -1.76. The fraction of sp³-hybridized carbons (Fsp3) is 0.341. The van der Waals surface area contributed by atoms with Crippen LogP contribution in [0.3, 0.4) is 0 Å². The zero-order valence-corrected chi connectivity index (χ0v) is 37.0. The van der Waals surface area contributed by atoms with Crippen molar-refractivity contribution in [1.82, 2.24) is 8.61 Å². The number of nitro groups is 2. The van der Waals surface area contributed by atoms with Gasteiger partial charge in [-0.2, -0.15) is 0 Å². The minimum absolute atomic E-state index is 0.0831. The minimum Gasteiger partial charge on any atom is -0.465 e. The summed E-state index contributed by atoms with van der Waals surface area (Å²) in [6, 6.07) is 17.9. The molecule has 0 bridgehead atoms. The molecule has 322 valence electrons. The fourth-order valence-electron chi connectivity index (χ4n) is 5.55. The van der Waals surface area contributed by atoms with Crippen LogP contribution in [0.5, 0.6) is 0 Å². The average Bonchev–Trinajstić information content (AvgIpc) is 3.22. The number of esters is 1. The molecule has 0 heterocycles. The van der Waals surface area contributed by atoms with Crippen LogP contribution in [0.25, 0.3) is 0 Å². The molecule has 0 saturated carbocycles. The largest absolute Gasteiger partial charge is 0.465 e. The zero-order valence-electron chi connectivity index (χ0n) is 33.9. The number of carbonyl (C=O) groups excluding carboxylic acids is 3. The quantitative estimate of drug-likeness (QED) is 0.0328. The molecule has 4 rings (SSSR count). The van der Waals surface area contributed by atoms with Gasteiger partial charge in [-0.15, -0.1) is 0 Å². The third-order valence-electron chi connectivity index (χ3n) is 8.30. The number of hydrogen-bond acceptors (Lipinski definition) is 13. The Morgan fingerprint density at radius 1 is 0.667 bits per heavy atom. The van der Waals surface area contributed by atoms with Gasteiger partial charge in [0, 0.05) is 70.7 Å². The number of ether oxygens (including phenoxy) is 1. The number of hydrogen-bond donors (Lipinski definition) is 3. The van der Waals surface area contributed by atoms with E-state index in [1.807, 2.05) is 13.8 Å². The number of nitro benzene ring substituents is 2. The van der Waals surface area contributed by atoms with E-state index in [4.69, 9.17) is 27.9 Å². The highest BCUT2D eigenvalue weighted by Crippen LogP contribution is 2.35. The maximum atomic E-state index is 12.7. The van der Waals surface area contributed by atoms with Gasteiger partial charge < -0.3 is 20.5 Å². The molecule has 60 heavy (non-hydrogen) atoms. The Morgan fingerprint density at radius 2 is 1.08 bits per heavy atom. The highest BCUT2D eigenvalue weighted by atomic mass is 35.5. The summed E-state index contributed by atoms with van der Waals surface area (Å²) >= 11 is 14.5. The smallest absolute Gasteiger partial charge is 0.340 e. The number of nitrogens with zero attached hydrogens (tertiary/aromatic N) is 4. The van der Waals surface area contributed by atoms with Gasteiger partial charge in [0.05, 0.1) is 34.8 Å². The normalized spacial score (nSPS) is 10.8. The van der Waals surface area contributed by atoms with Gasteiger partial charge in [-0.3, -0.25) is 29.8 Å². The van der Waals surface area contributed by atoms with Gasteiger partial charge in [0.15, 0.2) is 0 Å². The van der Waals surface area contributed by atoms with Gasteiger partial charge in [-0.05, 0) is 110 Å². The molecular formula is C41H48Cl2N6O9S2. The number of rotatable bonds is 20. The molecule has 0 unspecified atom stereocenters. The van der Waals surface area contributed by atoms with Crippen LogP contribution >= 0.6 is 47.1 Å². The molecule has 0 fully saturated rings. The van der Waals surface area contributed by atoms with Gasteiger partial charge in [0.1, 0.15) is 9.79 Å². The van der Waals surface area contributed by atoms with E-state index in [1.165, 1.54) is 67.4 Å². The van der Waals surface area contributed by atoms with Crippen molar-refractivity contribution in [1.29, 1.82) is 0 Å². The summed E-state index contributed by atoms with van der Waals surface area (Å²) in [5, 5.41) is 38.7. The molecule has 19 heteroatoms. The van der Waals surface area contributed by atoms with E-state index in [1.54, 1.807) is 36.4 Å². The third-order valence-corrected chi connectivity index (χ3v) is 11.1. The van der Waals surface area contributed by atoms with E-state index >= 15 is 0 Å². The molecule has 4 aromatic carbocycles. The Morgan fingerprint density at radius 3 is 1.48 bits per heavy atom. The molecular weight excluding hydrogens is 856 g/mol. The molecule has 0 aliphatic rings. The van der Waals surface area contributed by atoms with Crippen molar-refractivity contribution >= 4 is 87.6 Å². The van der Waals surface area contributed by atoms with Crippen molar-refractivity contribution < 1.29 is 34.1 Å². The van der Waals surface area contributed by atoms with Crippen LogP contribution in [0, 0.1) is 20.2 Å². The van der Waals surface area contributed by atoms with Crippen molar-refractivity contribution in [3.8, 4) is 0 Å². The fourth-order valence-corrected chi connectivity index (χ4v) is 8.28. The van der Waals surface area contributed by atoms with E-state index in [2.05, 4.69) is 33.1 Å². The molecule has 0 atom stereocenters. The molecule has 0 radical (unpaired) electrons. The summed E-state index contributed by atoms with van der Waals surface area (Å²) in [7, 11) is 1.22. The standard InChI is InChI=1S/C21H24ClN3O5S.C20H24ClN3O4S/c1-4-10-24(11-5-2)31-19-9-6-14(12-18(19)25(28)29)20(26)23-17-8-7-15(22)13-16(17)21(27)30-3;1-3-9-23(10-4-2)29-19-8-5-14(12-18(19)24(27)28)20(26)22-17-7-6-16(21)11-15(17)13-25/h6-9,12-13H,4-5,10-11H2,1-3H3,(H,23,26);5-8,11-12,25H,3-4,9-10,13H2,1-2H3,(H,22,26). The SMILES string of the molecule is CCCN(CCC)Sc1ccc(C(=O)Nc2ccc(Cl)cc2C(=O)OC)cc1[N+](=O)[O-].CCCN(CCC)Sc1ccc(C(=O)Nc2ccc(Cl)cc2CO)cc1[N+](=O)[O-]. The number of benzene rings is 4. The Hall–Kier alpha value is -4.75. The Balaban J connectivity index is 0.000000321. The number of halogens is 2. The first-order valence-electron chi connectivity index (χ1n) is 19.0. The maximum absolute atomic E-state index is 12.7. The maximum Gasteiger partial charge on any atom is 0.340 e. The van der Waals surface area contributed by atoms with Crippen LogP contribution in [0.1, 0.15) is 90.0 Å². The zero-order chi connectivity index (χ0) is 44.4. The Bertz CT molecular complexity index is 2130. The molecule has 4 aromatic rings.